The van der Waals surface area contributed by atoms with Crippen molar-refractivity contribution in [2.45, 2.75) is 31.2 Å². The van der Waals surface area contributed by atoms with Crippen LogP contribution in [0.4, 0.5) is 0 Å². The van der Waals surface area contributed by atoms with Crippen molar-refractivity contribution in [3.63, 3.8) is 0 Å². The molecule has 1 aliphatic heterocycles. The van der Waals surface area contributed by atoms with Gasteiger partial charge in [-0.3, -0.25) is 19.4 Å². The number of dihydropyridines is 1. The van der Waals surface area contributed by atoms with E-state index in [1.165, 1.54) is 12.2 Å². The van der Waals surface area contributed by atoms with Crippen LogP contribution < -0.4 is 0 Å². The highest BCUT2D eigenvalue weighted by atomic mass is 16.4. The highest BCUT2D eigenvalue weighted by Gasteiger charge is 2.29. The second-order valence-electron chi connectivity index (χ2n) is 3.88. The Kier molecular flexibility index (Phi) is 4.14. The van der Waals surface area contributed by atoms with Gasteiger partial charge in [0.1, 0.15) is 0 Å². The minimum Gasteiger partial charge on any atom is -0.481 e. The fourth-order valence-corrected chi connectivity index (χ4v) is 1.58. The van der Waals surface area contributed by atoms with Gasteiger partial charge >= 0.3 is 11.9 Å². The van der Waals surface area contributed by atoms with Crippen molar-refractivity contribution in [1.82, 2.24) is 0 Å². The van der Waals surface area contributed by atoms with Crippen molar-refractivity contribution in [3.05, 3.63) is 12.2 Å². The second-order valence-corrected chi connectivity index (χ2v) is 3.88. The van der Waals surface area contributed by atoms with Gasteiger partial charge in [-0.1, -0.05) is 6.08 Å². The van der Waals surface area contributed by atoms with Crippen LogP contribution in [-0.4, -0.2) is 39.7 Å². The molecule has 0 spiro atoms. The number of carboxylic acid groups (broad SMARTS) is 2. The highest BCUT2D eigenvalue weighted by Crippen LogP contribution is 2.27. The van der Waals surface area contributed by atoms with E-state index in [4.69, 9.17) is 10.2 Å². The second kappa shape index (κ2) is 5.38. The summed E-state index contributed by atoms with van der Waals surface area (Å²) >= 11 is 0. The first-order valence-corrected chi connectivity index (χ1v) is 5.15. The van der Waals surface area contributed by atoms with E-state index >= 15 is 0 Å². The van der Waals surface area contributed by atoms with Crippen LogP contribution in [0, 0.1) is 0 Å². The molecule has 1 rings (SSSR count). The molecule has 1 aliphatic rings. The first-order valence-electron chi connectivity index (χ1n) is 5.15. The van der Waals surface area contributed by atoms with Gasteiger partial charge < -0.3 is 10.2 Å². The Morgan fingerprint density at radius 3 is 2.06 bits per heavy atom. The lowest BCUT2D eigenvalue weighted by molar-refractivity contribution is -0.137. The van der Waals surface area contributed by atoms with Gasteiger partial charge in [-0.05, 0) is 18.9 Å². The van der Waals surface area contributed by atoms with Crippen LogP contribution in [0.2, 0.25) is 0 Å². The largest absolute Gasteiger partial charge is 0.481 e. The summed E-state index contributed by atoms with van der Waals surface area (Å²) in [6, 6.07) is 0. The number of hydrogen-bond acceptors (Lipinski definition) is 4. The Morgan fingerprint density at radius 2 is 1.71 bits per heavy atom. The molecule has 17 heavy (non-hydrogen) atoms. The maximum atomic E-state index is 11.0. The number of aliphatic carboxylic acids is 2. The molecular formula is C11H13NO5. The molecule has 0 aromatic rings. The minimum atomic E-state index is -0.972. The number of nitrogens with zero attached hydrogens (tertiary/aromatic N) is 1. The predicted octanol–water partition coefficient (Wildman–Crippen LogP) is 0.664. The van der Waals surface area contributed by atoms with Crippen LogP contribution in [0.3, 0.4) is 0 Å². The summed E-state index contributed by atoms with van der Waals surface area (Å²) in [6.45, 7) is 0. The molecule has 0 aromatic carbocycles. The summed E-state index contributed by atoms with van der Waals surface area (Å²) in [5, 5.41) is 17.3. The first-order chi connectivity index (χ1) is 7.93. The monoisotopic (exact) mass is 239 g/mol. The lowest BCUT2D eigenvalue weighted by Gasteiger charge is -2.26. The number of carbonyl (C=O) groups is 3. The zero-order chi connectivity index (χ0) is 12.9. The highest BCUT2D eigenvalue weighted by molar-refractivity contribution is 6.33. The number of hydrogen-bond donors (Lipinski definition) is 2. The van der Waals surface area contributed by atoms with Crippen molar-refractivity contribution >= 4 is 23.9 Å². The zero-order valence-electron chi connectivity index (χ0n) is 9.13. The third-order valence-corrected chi connectivity index (χ3v) is 2.55. The Hall–Kier alpha value is -1.98. The van der Waals surface area contributed by atoms with Gasteiger partial charge in [-0.15, -0.1) is 0 Å². The van der Waals surface area contributed by atoms with Crippen molar-refractivity contribution in [3.8, 4) is 0 Å². The third kappa shape index (κ3) is 4.18. The normalized spacial score (nSPS) is 17.1. The summed E-state index contributed by atoms with van der Waals surface area (Å²) in [5.41, 5.74) is -0.870. The number of ketones is 1. The molecule has 6 heteroatoms. The number of aliphatic imine (C=N–C) groups is 1. The average Bonchev–Trinajstić information content (AvgIpc) is 2.27. The maximum Gasteiger partial charge on any atom is 0.303 e. The van der Waals surface area contributed by atoms with Crippen molar-refractivity contribution in [2.75, 3.05) is 0 Å². The van der Waals surface area contributed by atoms with Crippen molar-refractivity contribution < 1.29 is 24.6 Å². The van der Waals surface area contributed by atoms with Crippen LogP contribution in [-0.2, 0) is 14.4 Å². The third-order valence-electron chi connectivity index (χ3n) is 2.55. The topological polar surface area (TPSA) is 104 Å². The van der Waals surface area contributed by atoms with Gasteiger partial charge in [0.15, 0.2) is 5.78 Å². The minimum absolute atomic E-state index is 0.116. The van der Waals surface area contributed by atoms with Crippen LogP contribution in [0.1, 0.15) is 25.7 Å². The molecule has 92 valence electrons. The predicted molar refractivity (Wildman–Crippen MR) is 59.1 cm³/mol. The SMILES string of the molecule is O=C1C=CC(CCC(=O)O)(CCC(=O)O)N=C1. The molecule has 0 unspecified atom stereocenters. The van der Waals surface area contributed by atoms with Gasteiger partial charge in [0.05, 0.1) is 11.8 Å². The molecular weight excluding hydrogens is 226 g/mol. The summed E-state index contributed by atoms with van der Waals surface area (Å²) in [6.07, 6.45) is 4.07. The van der Waals surface area contributed by atoms with Gasteiger partial charge in [-0.2, -0.15) is 0 Å². The Labute approximate surface area is 97.7 Å². The lowest BCUT2D eigenvalue weighted by Crippen LogP contribution is -2.29. The molecule has 0 radical (unpaired) electrons. The van der Waals surface area contributed by atoms with Gasteiger partial charge in [0.25, 0.3) is 0 Å². The van der Waals surface area contributed by atoms with E-state index in [-0.39, 0.29) is 31.5 Å². The summed E-state index contributed by atoms with van der Waals surface area (Å²) in [5.74, 6) is -2.22. The first kappa shape index (κ1) is 13.1. The molecule has 0 bridgehead atoms. The van der Waals surface area contributed by atoms with E-state index in [1.807, 2.05) is 0 Å². The maximum absolute atomic E-state index is 11.0. The van der Waals surface area contributed by atoms with Gasteiger partial charge in [0, 0.05) is 12.8 Å². The summed E-state index contributed by atoms with van der Waals surface area (Å²) in [4.78, 5) is 36.0. The lowest BCUT2D eigenvalue weighted by atomic mass is 9.87. The van der Waals surface area contributed by atoms with Crippen molar-refractivity contribution in [1.29, 1.82) is 0 Å². The van der Waals surface area contributed by atoms with E-state index < -0.39 is 17.5 Å². The Morgan fingerprint density at radius 1 is 1.18 bits per heavy atom. The number of allylic oxidation sites excluding steroid dienone is 1. The van der Waals surface area contributed by atoms with Gasteiger partial charge in [0.2, 0.25) is 0 Å². The molecule has 0 atom stereocenters. The summed E-state index contributed by atoms with van der Waals surface area (Å²) < 4.78 is 0. The van der Waals surface area contributed by atoms with E-state index in [0.717, 1.165) is 6.21 Å². The molecule has 0 saturated heterocycles. The smallest absolute Gasteiger partial charge is 0.303 e. The van der Waals surface area contributed by atoms with Crippen molar-refractivity contribution in [2.24, 2.45) is 4.99 Å². The Balaban J connectivity index is 2.74. The molecule has 6 nitrogen and oxygen atoms in total. The molecule has 1 heterocycles. The van der Waals surface area contributed by atoms with E-state index in [2.05, 4.69) is 4.99 Å². The quantitative estimate of drug-likeness (QED) is 0.708. The Bertz CT molecular complexity index is 361. The van der Waals surface area contributed by atoms with E-state index in [1.54, 1.807) is 0 Å². The fourth-order valence-electron chi connectivity index (χ4n) is 1.58. The molecule has 0 aliphatic carbocycles. The summed E-state index contributed by atoms with van der Waals surface area (Å²) in [7, 11) is 0. The number of rotatable bonds is 6. The molecule has 0 fully saturated rings. The van der Waals surface area contributed by atoms with Crippen LogP contribution in [0.25, 0.3) is 0 Å². The molecule has 0 amide bonds. The van der Waals surface area contributed by atoms with Crippen LogP contribution in [0.15, 0.2) is 17.1 Å². The average molecular weight is 239 g/mol. The van der Waals surface area contributed by atoms with E-state index in [9.17, 15) is 14.4 Å². The van der Waals surface area contributed by atoms with Crippen LogP contribution in [0.5, 0.6) is 0 Å². The van der Waals surface area contributed by atoms with E-state index in [0.29, 0.717) is 0 Å². The van der Waals surface area contributed by atoms with Crippen LogP contribution >= 0.6 is 0 Å². The molecule has 0 saturated carbocycles. The standard InChI is InChI=1S/C11H13NO5/c13-8-1-4-11(12-7-8,5-2-9(14)15)6-3-10(16)17/h1,4,7H,2-3,5-6H2,(H,14,15)(H,16,17). The molecule has 0 aromatic heterocycles. The molecule has 2 N–H and O–H groups in total. The number of carbonyl (C=O) groups excluding carboxylic acids is 1. The zero-order valence-corrected chi connectivity index (χ0v) is 9.13. The van der Waals surface area contributed by atoms with Gasteiger partial charge in [-0.25, -0.2) is 0 Å². The fraction of sp³-hybridized carbons (Fsp3) is 0.455. The number of carboxylic acids is 2.